The Morgan fingerprint density at radius 2 is 1.74 bits per heavy atom. The Hall–Kier alpha value is -2.84. The second kappa shape index (κ2) is 11.1. The molecule has 10 heteroatoms. The van der Waals surface area contributed by atoms with E-state index >= 15 is 0 Å². The lowest BCUT2D eigenvalue weighted by Crippen LogP contribution is -2.20. The molecular formula is C24H18Cl3N5OS. The molecule has 0 atom stereocenters. The topological polar surface area (TPSA) is 72.2 Å². The lowest BCUT2D eigenvalue weighted by atomic mass is 10.1. The normalized spacial score (nSPS) is 11.2. The zero-order valence-electron chi connectivity index (χ0n) is 17.9. The van der Waals surface area contributed by atoms with E-state index < -0.39 is 0 Å². The van der Waals surface area contributed by atoms with E-state index in [9.17, 15) is 4.79 Å². The number of thioether (sulfide) groups is 1. The lowest BCUT2D eigenvalue weighted by molar-refractivity contribution is -0.118. The smallest absolute Gasteiger partial charge is 0.250 e. The third-order valence-corrected chi connectivity index (χ3v) is 6.63. The van der Waals surface area contributed by atoms with Crippen molar-refractivity contribution in [2.75, 3.05) is 5.75 Å². The zero-order valence-corrected chi connectivity index (χ0v) is 21.0. The highest BCUT2D eigenvalue weighted by Gasteiger charge is 2.17. The number of aryl methyl sites for hydroxylation is 1. The van der Waals surface area contributed by atoms with E-state index in [2.05, 4.69) is 20.7 Å². The first-order chi connectivity index (χ1) is 16.4. The van der Waals surface area contributed by atoms with E-state index in [1.807, 2.05) is 47.9 Å². The molecule has 172 valence electrons. The Morgan fingerprint density at radius 1 is 1.00 bits per heavy atom. The molecule has 0 bridgehead atoms. The van der Waals surface area contributed by atoms with Gasteiger partial charge in [-0.3, -0.25) is 9.36 Å². The first-order valence-corrected chi connectivity index (χ1v) is 12.2. The van der Waals surface area contributed by atoms with Gasteiger partial charge in [-0.25, -0.2) is 5.43 Å². The van der Waals surface area contributed by atoms with Crippen molar-refractivity contribution < 1.29 is 4.79 Å². The molecule has 3 aromatic carbocycles. The average molecular weight is 531 g/mol. The summed E-state index contributed by atoms with van der Waals surface area (Å²) < 4.78 is 1.90. The van der Waals surface area contributed by atoms with Crippen molar-refractivity contribution in [3.05, 3.63) is 92.9 Å². The maximum absolute atomic E-state index is 12.4. The number of rotatable bonds is 7. The molecule has 0 unspecified atom stereocenters. The van der Waals surface area contributed by atoms with Gasteiger partial charge in [-0.1, -0.05) is 82.5 Å². The van der Waals surface area contributed by atoms with Crippen LogP contribution >= 0.6 is 46.6 Å². The van der Waals surface area contributed by atoms with Gasteiger partial charge in [-0.2, -0.15) is 5.10 Å². The summed E-state index contributed by atoms with van der Waals surface area (Å²) in [5, 5.41) is 14.8. The Balaban J connectivity index is 1.50. The molecule has 0 spiro atoms. The van der Waals surface area contributed by atoms with Gasteiger partial charge in [0.15, 0.2) is 11.0 Å². The van der Waals surface area contributed by atoms with E-state index in [0.717, 1.165) is 16.8 Å². The predicted molar refractivity (Wildman–Crippen MR) is 139 cm³/mol. The molecule has 0 radical (unpaired) electrons. The van der Waals surface area contributed by atoms with Crippen molar-refractivity contribution in [2.45, 2.75) is 12.1 Å². The molecule has 1 heterocycles. The molecule has 1 amide bonds. The summed E-state index contributed by atoms with van der Waals surface area (Å²) >= 11 is 19.2. The van der Waals surface area contributed by atoms with Gasteiger partial charge in [0, 0.05) is 16.3 Å². The summed E-state index contributed by atoms with van der Waals surface area (Å²) in [4.78, 5) is 12.4. The van der Waals surface area contributed by atoms with Crippen LogP contribution in [0.4, 0.5) is 0 Å². The van der Waals surface area contributed by atoms with Crippen LogP contribution in [0.1, 0.15) is 11.1 Å². The summed E-state index contributed by atoms with van der Waals surface area (Å²) in [6.45, 7) is 2.03. The van der Waals surface area contributed by atoms with Crippen molar-refractivity contribution in [2.24, 2.45) is 5.10 Å². The minimum atomic E-state index is -0.288. The monoisotopic (exact) mass is 529 g/mol. The third-order valence-electron chi connectivity index (χ3n) is 4.71. The number of hydrazone groups is 1. The van der Waals surface area contributed by atoms with Gasteiger partial charge in [0.1, 0.15) is 0 Å². The number of aromatic nitrogens is 3. The van der Waals surface area contributed by atoms with Crippen LogP contribution in [-0.4, -0.2) is 32.6 Å². The summed E-state index contributed by atoms with van der Waals surface area (Å²) in [5.41, 5.74) is 6.12. The predicted octanol–water partition coefficient (Wildman–Crippen LogP) is 6.45. The molecular weight excluding hydrogens is 513 g/mol. The number of benzene rings is 3. The Bertz CT molecular complexity index is 1340. The van der Waals surface area contributed by atoms with Gasteiger partial charge in [-0.15, -0.1) is 10.2 Å². The van der Waals surface area contributed by atoms with Crippen LogP contribution in [0.3, 0.4) is 0 Å². The fourth-order valence-electron chi connectivity index (χ4n) is 3.01. The summed E-state index contributed by atoms with van der Waals surface area (Å²) in [6.07, 6.45) is 1.50. The second-order valence-electron chi connectivity index (χ2n) is 7.24. The lowest BCUT2D eigenvalue weighted by Gasteiger charge is -2.10. The van der Waals surface area contributed by atoms with Crippen LogP contribution in [0, 0.1) is 6.92 Å². The highest BCUT2D eigenvalue weighted by Crippen LogP contribution is 2.29. The van der Waals surface area contributed by atoms with Crippen LogP contribution in [-0.2, 0) is 4.79 Å². The molecule has 0 aliphatic carbocycles. The first-order valence-electron chi connectivity index (χ1n) is 10.1. The summed E-state index contributed by atoms with van der Waals surface area (Å²) in [7, 11) is 0. The van der Waals surface area contributed by atoms with Crippen LogP contribution in [0.2, 0.25) is 15.1 Å². The number of nitrogens with zero attached hydrogens (tertiary/aromatic N) is 4. The van der Waals surface area contributed by atoms with Crippen LogP contribution in [0.5, 0.6) is 0 Å². The zero-order chi connectivity index (χ0) is 24.1. The molecule has 0 aliphatic rings. The number of hydrogen-bond acceptors (Lipinski definition) is 5. The standard InChI is InChI=1S/C24H18Cl3N5OS/c1-15-2-5-17(6-3-15)23-30-31-24(32(23)19-9-7-18(25)8-10-19)34-14-22(33)29-28-13-16-4-11-20(26)21(27)12-16/h2-13H,14H2,1H3,(H,29,33)/b28-13+. The van der Waals surface area contributed by atoms with Crippen LogP contribution < -0.4 is 5.43 Å². The Kier molecular flexibility index (Phi) is 7.90. The fourth-order valence-corrected chi connectivity index (χ4v) is 4.19. The van der Waals surface area contributed by atoms with E-state index in [1.165, 1.54) is 18.0 Å². The minimum Gasteiger partial charge on any atom is -0.272 e. The molecule has 4 aromatic rings. The van der Waals surface area contributed by atoms with E-state index in [1.54, 1.807) is 30.3 Å². The SMILES string of the molecule is Cc1ccc(-c2nnc(SCC(=O)N/N=C/c3ccc(Cl)c(Cl)c3)n2-c2ccc(Cl)cc2)cc1. The third kappa shape index (κ3) is 5.98. The number of carbonyl (C=O) groups excluding carboxylic acids is 1. The molecule has 0 aliphatic heterocycles. The fraction of sp³-hybridized carbons (Fsp3) is 0.0833. The Labute approximate surface area is 215 Å². The molecule has 0 fully saturated rings. The number of halogens is 3. The quantitative estimate of drug-likeness (QED) is 0.169. The van der Waals surface area contributed by atoms with Gasteiger partial charge < -0.3 is 0 Å². The average Bonchev–Trinajstić information content (AvgIpc) is 3.25. The highest BCUT2D eigenvalue weighted by molar-refractivity contribution is 7.99. The van der Waals surface area contributed by atoms with Gasteiger partial charge in [0.2, 0.25) is 0 Å². The van der Waals surface area contributed by atoms with Crippen molar-refractivity contribution in [3.8, 4) is 17.1 Å². The molecule has 4 rings (SSSR count). The summed E-state index contributed by atoms with van der Waals surface area (Å²) in [6, 6.07) is 20.5. The maximum Gasteiger partial charge on any atom is 0.250 e. The van der Waals surface area contributed by atoms with Crippen molar-refractivity contribution >= 4 is 58.7 Å². The van der Waals surface area contributed by atoms with Crippen LogP contribution in [0.25, 0.3) is 17.1 Å². The summed E-state index contributed by atoms with van der Waals surface area (Å²) in [5.74, 6) is 0.477. The minimum absolute atomic E-state index is 0.0956. The van der Waals surface area contributed by atoms with Crippen LogP contribution in [0.15, 0.2) is 77.0 Å². The highest BCUT2D eigenvalue weighted by atomic mass is 35.5. The van der Waals surface area contributed by atoms with Gasteiger partial charge >= 0.3 is 0 Å². The molecule has 6 nitrogen and oxygen atoms in total. The van der Waals surface area contributed by atoms with Gasteiger partial charge in [0.25, 0.3) is 5.91 Å². The number of amides is 1. The van der Waals surface area contributed by atoms with E-state index in [4.69, 9.17) is 34.8 Å². The van der Waals surface area contributed by atoms with Crippen molar-refractivity contribution in [1.82, 2.24) is 20.2 Å². The molecule has 1 N–H and O–H groups in total. The maximum atomic E-state index is 12.4. The second-order valence-corrected chi connectivity index (χ2v) is 9.43. The molecule has 0 saturated carbocycles. The Morgan fingerprint density at radius 3 is 2.44 bits per heavy atom. The molecule has 34 heavy (non-hydrogen) atoms. The van der Waals surface area contributed by atoms with E-state index in [-0.39, 0.29) is 11.7 Å². The number of hydrogen-bond donors (Lipinski definition) is 1. The largest absolute Gasteiger partial charge is 0.272 e. The molecule has 0 saturated heterocycles. The number of nitrogens with one attached hydrogen (secondary N) is 1. The van der Waals surface area contributed by atoms with Gasteiger partial charge in [-0.05, 0) is 48.9 Å². The van der Waals surface area contributed by atoms with Crippen molar-refractivity contribution in [1.29, 1.82) is 0 Å². The molecule has 1 aromatic heterocycles. The number of carbonyl (C=O) groups is 1. The first kappa shape index (κ1) is 24.3. The van der Waals surface area contributed by atoms with Gasteiger partial charge in [0.05, 0.1) is 22.0 Å². The van der Waals surface area contributed by atoms with E-state index in [0.29, 0.717) is 31.6 Å². The van der Waals surface area contributed by atoms with Crippen molar-refractivity contribution in [3.63, 3.8) is 0 Å².